The highest BCUT2D eigenvalue weighted by Gasteiger charge is 2.12. The molecule has 0 atom stereocenters. The third-order valence-electron chi connectivity index (χ3n) is 2.63. The number of rotatable bonds is 8. The van der Waals surface area contributed by atoms with Crippen molar-refractivity contribution in [3.63, 3.8) is 0 Å². The molecule has 0 saturated heterocycles. The zero-order chi connectivity index (χ0) is 13.4. The molecule has 100 valence electrons. The Bertz CT molecular complexity index is 394. The Morgan fingerprint density at radius 1 is 1.39 bits per heavy atom. The summed E-state index contributed by atoms with van der Waals surface area (Å²) in [7, 11) is 0. The van der Waals surface area contributed by atoms with E-state index < -0.39 is 0 Å². The molecule has 0 aromatic heterocycles. The van der Waals surface area contributed by atoms with Crippen LogP contribution in [0.15, 0.2) is 18.2 Å². The maximum Gasteiger partial charge on any atom is 0.274 e. The molecule has 0 saturated carbocycles. The van der Waals surface area contributed by atoms with E-state index in [1.54, 1.807) is 13.0 Å². The molecule has 0 heterocycles. The predicted octanol–water partition coefficient (Wildman–Crippen LogP) is 3.13. The lowest BCUT2D eigenvalue weighted by Gasteiger charge is -2.09. The van der Waals surface area contributed by atoms with Crippen molar-refractivity contribution >= 4 is 11.4 Å². The number of hydrogen-bond acceptors (Lipinski definition) is 4. The second-order valence-electron chi connectivity index (χ2n) is 4.10. The molecule has 0 aliphatic rings. The van der Waals surface area contributed by atoms with Crippen molar-refractivity contribution < 1.29 is 9.66 Å². The van der Waals surface area contributed by atoms with Crippen LogP contribution in [0.25, 0.3) is 0 Å². The minimum Gasteiger partial charge on any atom is -0.385 e. The van der Waals surface area contributed by atoms with Crippen molar-refractivity contribution in [3.8, 4) is 0 Å². The number of nitrogens with zero attached hydrogens (tertiary/aromatic N) is 1. The van der Waals surface area contributed by atoms with Crippen LogP contribution in [0.3, 0.4) is 0 Å². The second-order valence-corrected chi connectivity index (χ2v) is 4.10. The first-order chi connectivity index (χ1) is 8.66. The van der Waals surface area contributed by atoms with Crippen molar-refractivity contribution in [1.29, 1.82) is 0 Å². The van der Waals surface area contributed by atoms with Crippen LogP contribution in [0.4, 0.5) is 11.4 Å². The molecule has 5 heteroatoms. The van der Waals surface area contributed by atoms with Crippen LogP contribution in [-0.4, -0.2) is 24.7 Å². The fraction of sp³-hybridized carbons (Fsp3) is 0.538. The highest BCUT2D eigenvalue weighted by atomic mass is 16.6. The van der Waals surface area contributed by atoms with E-state index in [4.69, 9.17) is 4.74 Å². The van der Waals surface area contributed by atoms with E-state index in [1.807, 2.05) is 6.07 Å². The number of anilines is 1. The van der Waals surface area contributed by atoms with Crippen molar-refractivity contribution in [3.05, 3.63) is 33.9 Å². The third-order valence-corrected chi connectivity index (χ3v) is 2.63. The monoisotopic (exact) mass is 252 g/mol. The Morgan fingerprint density at radius 2 is 2.17 bits per heavy atom. The van der Waals surface area contributed by atoms with Crippen LogP contribution in [0.1, 0.15) is 25.3 Å². The Morgan fingerprint density at radius 3 is 2.83 bits per heavy atom. The van der Waals surface area contributed by atoms with E-state index >= 15 is 0 Å². The minimum absolute atomic E-state index is 0.155. The Hall–Kier alpha value is -1.62. The summed E-state index contributed by atoms with van der Waals surface area (Å²) in [4.78, 5) is 10.4. The van der Waals surface area contributed by atoms with Gasteiger partial charge in [-0.25, -0.2) is 0 Å². The van der Waals surface area contributed by atoms with E-state index in [1.165, 1.54) is 6.07 Å². The average molecular weight is 252 g/mol. The van der Waals surface area contributed by atoms with Crippen LogP contribution in [0.5, 0.6) is 0 Å². The van der Waals surface area contributed by atoms with Crippen molar-refractivity contribution in [2.75, 3.05) is 25.1 Å². The quantitative estimate of drug-likeness (QED) is 0.438. The van der Waals surface area contributed by atoms with Crippen molar-refractivity contribution in [1.82, 2.24) is 0 Å². The fourth-order valence-corrected chi connectivity index (χ4v) is 1.66. The lowest BCUT2D eigenvalue weighted by molar-refractivity contribution is -0.385. The number of nitro benzene ring substituents is 1. The molecule has 18 heavy (non-hydrogen) atoms. The Kier molecular flexibility index (Phi) is 6.14. The van der Waals surface area contributed by atoms with Gasteiger partial charge in [-0.15, -0.1) is 0 Å². The maximum absolute atomic E-state index is 10.8. The summed E-state index contributed by atoms with van der Waals surface area (Å²) in [6.45, 7) is 6.09. The van der Waals surface area contributed by atoms with Gasteiger partial charge >= 0.3 is 0 Å². The summed E-state index contributed by atoms with van der Waals surface area (Å²) in [5.41, 5.74) is 1.65. The smallest absolute Gasteiger partial charge is 0.274 e. The molecular weight excluding hydrogens is 232 g/mol. The second kappa shape index (κ2) is 7.66. The molecule has 5 nitrogen and oxygen atoms in total. The SMILES string of the molecule is CCCOCCCNc1cccc([N+](=O)[O-])c1C. The summed E-state index contributed by atoms with van der Waals surface area (Å²) in [6.07, 6.45) is 1.92. The number of nitrogens with one attached hydrogen (secondary N) is 1. The maximum atomic E-state index is 10.8. The lowest BCUT2D eigenvalue weighted by Crippen LogP contribution is -2.07. The van der Waals surface area contributed by atoms with Gasteiger partial charge in [-0.2, -0.15) is 0 Å². The molecule has 1 aromatic rings. The van der Waals surface area contributed by atoms with Gasteiger partial charge in [0.15, 0.2) is 0 Å². The van der Waals surface area contributed by atoms with Gasteiger partial charge < -0.3 is 10.1 Å². The van der Waals surface area contributed by atoms with E-state index in [0.717, 1.165) is 38.3 Å². The summed E-state index contributed by atoms with van der Waals surface area (Å²) in [5, 5.41) is 14.0. The fourth-order valence-electron chi connectivity index (χ4n) is 1.66. The van der Waals surface area contributed by atoms with Crippen LogP contribution in [0.2, 0.25) is 0 Å². The van der Waals surface area contributed by atoms with Crippen molar-refractivity contribution in [2.24, 2.45) is 0 Å². The van der Waals surface area contributed by atoms with E-state index in [-0.39, 0.29) is 10.6 Å². The molecular formula is C13H20N2O3. The standard InChI is InChI=1S/C13H20N2O3/c1-3-9-18-10-5-8-14-12-6-4-7-13(11(12)2)15(16)17/h4,6-7,14H,3,5,8-10H2,1-2H3. The first-order valence-corrected chi connectivity index (χ1v) is 6.22. The summed E-state index contributed by atoms with van der Waals surface area (Å²) in [5.74, 6) is 0. The topological polar surface area (TPSA) is 64.4 Å². The van der Waals surface area contributed by atoms with Gasteiger partial charge in [-0.3, -0.25) is 10.1 Å². The zero-order valence-corrected chi connectivity index (χ0v) is 10.9. The molecule has 0 radical (unpaired) electrons. The lowest BCUT2D eigenvalue weighted by atomic mass is 10.1. The molecule has 0 unspecified atom stereocenters. The summed E-state index contributed by atoms with van der Waals surface area (Å²) in [6, 6.07) is 5.07. The van der Waals surface area contributed by atoms with Gasteiger partial charge in [0, 0.05) is 37.1 Å². The van der Waals surface area contributed by atoms with Gasteiger partial charge in [0.1, 0.15) is 0 Å². The van der Waals surface area contributed by atoms with Crippen LogP contribution >= 0.6 is 0 Å². The Balaban J connectivity index is 2.43. The molecule has 1 aromatic carbocycles. The van der Waals surface area contributed by atoms with Crippen LogP contribution in [0, 0.1) is 17.0 Å². The minimum atomic E-state index is -0.356. The normalized spacial score (nSPS) is 10.3. The largest absolute Gasteiger partial charge is 0.385 e. The Labute approximate surface area is 107 Å². The van der Waals surface area contributed by atoms with Crippen molar-refractivity contribution in [2.45, 2.75) is 26.7 Å². The first kappa shape index (κ1) is 14.4. The van der Waals surface area contributed by atoms with Gasteiger partial charge in [0.25, 0.3) is 5.69 Å². The molecule has 0 aliphatic heterocycles. The van der Waals surface area contributed by atoms with E-state index in [2.05, 4.69) is 12.2 Å². The van der Waals surface area contributed by atoms with Gasteiger partial charge in [0.2, 0.25) is 0 Å². The van der Waals surface area contributed by atoms with Crippen LogP contribution < -0.4 is 5.32 Å². The van der Waals surface area contributed by atoms with Gasteiger partial charge in [-0.05, 0) is 25.8 Å². The molecule has 0 spiro atoms. The third kappa shape index (κ3) is 4.33. The zero-order valence-electron chi connectivity index (χ0n) is 10.9. The van der Waals surface area contributed by atoms with Gasteiger partial charge in [0.05, 0.1) is 4.92 Å². The summed E-state index contributed by atoms with van der Waals surface area (Å²) >= 11 is 0. The number of ether oxygens (including phenoxy) is 1. The predicted molar refractivity (Wildman–Crippen MR) is 72.1 cm³/mol. The first-order valence-electron chi connectivity index (χ1n) is 6.22. The van der Waals surface area contributed by atoms with E-state index in [9.17, 15) is 10.1 Å². The molecule has 0 aliphatic carbocycles. The highest BCUT2D eigenvalue weighted by molar-refractivity contribution is 5.59. The highest BCUT2D eigenvalue weighted by Crippen LogP contribution is 2.24. The molecule has 0 fully saturated rings. The molecule has 1 rings (SSSR count). The summed E-state index contributed by atoms with van der Waals surface area (Å²) < 4.78 is 5.36. The molecule has 0 bridgehead atoms. The molecule has 0 amide bonds. The van der Waals surface area contributed by atoms with Gasteiger partial charge in [-0.1, -0.05) is 13.0 Å². The number of hydrogen-bond donors (Lipinski definition) is 1. The van der Waals surface area contributed by atoms with Crippen LogP contribution in [-0.2, 0) is 4.74 Å². The molecule has 1 N–H and O–H groups in total. The number of nitro groups is 1. The average Bonchev–Trinajstić information content (AvgIpc) is 2.35. The number of benzene rings is 1. The van der Waals surface area contributed by atoms with E-state index in [0.29, 0.717) is 5.56 Å².